The largest absolute Gasteiger partial charge is 0.316 e. The van der Waals surface area contributed by atoms with Crippen LogP contribution in [0.3, 0.4) is 0 Å². The minimum Gasteiger partial charge on any atom is -0.316 e. The van der Waals surface area contributed by atoms with Gasteiger partial charge in [-0.25, -0.2) is 0 Å². The maximum atomic E-state index is 6.46. The fraction of sp³-hybridized carbons (Fsp3) is 0.353. The fourth-order valence-corrected chi connectivity index (χ4v) is 4.21. The van der Waals surface area contributed by atoms with Crippen LogP contribution in [0.25, 0.3) is 0 Å². The van der Waals surface area contributed by atoms with E-state index in [0.29, 0.717) is 0 Å². The molecule has 0 bridgehead atoms. The van der Waals surface area contributed by atoms with E-state index in [-0.39, 0.29) is 12.4 Å². The van der Waals surface area contributed by atoms with Crippen molar-refractivity contribution in [2.45, 2.75) is 30.4 Å². The molecule has 1 aromatic carbocycles. The standard InChI is InChI=1S/C17H19ClN2S.ClH/c1-12-3-2-8-20-16(12)11-21-17-14-7-10-19-9-6-13(14)4-5-15(17)18;/h2-5,8,19H,6-7,9-11H2,1H3;1H. The molecule has 0 aliphatic carbocycles. The van der Waals surface area contributed by atoms with Crippen LogP contribution in [-0.4, -0.2) is 18.1 Å². The van der Waals surface area contributed by atoms with E-state index in [1.165, 1.54) is 21.6 Å². The summed E-state index contributed by atoms with van der Waals surface area (Å²) in [6, 6.07) is 8.32. The zero-order valence-corrected chi connectivity index (χ0v) is 15.0. The second kappa shape index (κ2) is 8.21. The summed E-state index contributed by atoms with van der Waals surface area (Å²) in [5, 5.41) is 4.33. The number of aryl methyl sites for hydroxylation is 1. The van der Waals surface area contributed by atoms with E-state index in [4.69, 9.17) is 11.6 Å². The monoisotopic (exact) mass is 354 g/mol. The number of pyridine rings is 1. The van der Waals surface area contributed by atoms with E-state index in [0.717, 1.165) is 42.4 Å². The summed E-state index contributed by atoms with van der Waals surface area (Å²) in [6.45, 7) is 4.20. The molecule has 1 aliphatic rings. The Bertz CT molecular complexity index is 647. The Kier molecular flexibility index (Phi) is 6.57. The van der Waals surface area contributed by atoms with Gasteiger partial charge in [-0.3, -0.25) is 4.98 Å². The van der Waals surface area contributed by atoms with Gasteiger partial charge in [0.2, 0.25) is 0 Å². The van der Waals surface area contributed by atoms with Crippen molar-refractivity contribution in [1.82, 2.24) is 10.3 Å². The topological polar surface area (TPSA) is 24.9 Å². The normalized spacial score (nSPS) is 13.9. The van der Waals surface area contributed by atoms with Crippen LogP contribution in [0.15, 0.2) is 35.4 Å². The van der Waals surface area contributed by atoms with Crippen LogP contribution in [0, 0.1) is 6.92 Å². The number of fused-ring (bicyclic) bond motifs is 1. The molecule has 22 heavy (non-hydrogen) atoms. The van der Waals surface area contributed by atoms with Crippen LogP contribution in [0.5, 0.6) is 0 Å². The van der Waals surface area contributed by atoms with Gasteiger partial charge in [-0.1, -0.05) is 23.7 Å². The Hall–Kier alpha value is -0.740. The quantitative estimate of drug-likeness (QED) is 0.824. The molecule has 1 N–H and O–H groups in total. The number of nitrogens with zero attached hydrogens (tertiary/aromatic N) is 1. The fourth-order valence-electron chi connectivity index (χ4n) is 2.68. The molecule has 0 amide bonds. The number of hydrogen-bond donors (Lipinski definition) is 1. The molecule has 3 rings (SSSR count). The lowest BCUT2D eigenvalue weighted by molar-refractivity contribution is 0.709. The first-order valence-electron chi connectivity index (χ1n) is 7.30. The van der Waals surface area contributed by atoms with Gasteiger partial charge in [0.25, 0.3) is 0 Å². The molecule has 0 saturated carbocycles. The SMILES string of the molecule is Cc1cccnc1CSc1c(Cl)ccc2c1CCNCC2.Cl. The first-order chi connectivity index (χ1) is 10.3. The van der Waals surface area contributed by atoms with Gasteiger partial charge in [-0.15, -0.1) is 24.2 Å². The van der Waals surface area contributed by atoms with Crippen molar-refractivity contribution in [1.29, 1.82) is 0 Å². The van der Waals surface area contributed by atoms with Gasteiger partial charge in [-0.05, 0) is 61.7 Å². The average Bonchev–Trinajstić information content (AvgIpc) is 2.73. The molecule has 2 heterocycles. The second-order valence-corrected chi connectivity index (χ2v) is 6.71. The van der Waals surface area contributed by atoms with Crippen LogP contribution < -0.4 is 5.32 Å². The van der Waals surface area contributed by atoms with Crippen molar-refractivity contribution >= 4 is 35.8 Å². The van der Waals surface area contributed by atoms with Gasteiger partial charge in [0.05, 0.1) is 10.7 Å². The van der Waals surface area contributed by atoms with Crippen LogP contribution >= 0.6 is 35.8 Å². The van der Waals surface area contributed by atoms with Crippen molar-refractivity contribution in [3.05, 3.63) is 57.9 Å². The van der Waals surface area contributed by atoms with Crippen LogP contribution in [0.4, 0.5) is 0 Å². The summed E-state index contributed by atoms with van der Waals surface area (Å²) < 4.78 is 0. The third-order valence-corrected chi connectivity index (χ3v) is 5.50. The molecule has 5 heteroatoms. The highest BCUT2D eigenvalue weighted by atomic mass is 35.5. The Morgan fingerprint density at radius 2 is 2.05 bits per heavy atom. The number of hydrogen-bond acceptors (Lipinski definition) is 3. The average molecular weight is 355 g/mol. The first-order valence-corrected chi connectivity index (χ1v) is 8.66. The third kappa shape index (κ3) is 3.96. The molecule has 118 valence electrons. The second-order valence-electron chi connectivity index (χ2n) is 5.32. The van der Waals surface area contributed by atoms with Crippen LogP contribution in [0.2, 0.25) is 5.02 Å². The molecule has 2 aromatic rings. The Labute approximate surface area is 147 Å². The lowest BCUT2D eigenvalue weighted by atomic mass is 10.0. The molecule has 0 saturated heterocycles. The van der Waals surface area contributed by atoms with Crippen molar-refractivity contribution in [3.63, 3.8) is 0 Å². The Balaban J connectivity index is 0.00000176. The van der Waals surface area contributed by atoms with Crippen molar-refractivity contribution in [3.8, 4) is 0 Å². The van der Waals surface area contributed by atoms with Crippen molar-refractivity contribution in [2.24, 2.45) is 0 Å². The van der Waals surface area contributed by atoms with E-state index >= 15 is 0 Å². The van der Waals surface area contributed by atoms with E-state index in [1.807, 2.05) is 30.1 Å². The van der Waals surface area contributed by atoms with Crippen LogP contribution in [0.1, 0.15) is 22.4 Å². The Morgan fingerprint density at radius 3 is 2.86 bits per heavy atom. The van der Waals surface area contributed by atoms with E-state index in [9.17, 15) is 0 Å². The lowest BCUT2D eigenvalue weighted by Crippen LogP contribution is -2.16. The van der Waals surface area contributed by atoms with Gasteiger partial charge >= 0.3 is 0 Å². The van der Waals surface area contributed by atoms with E-state index in [2.05, 4.69) is 29.4 Å². The third-order valence-electron chi connectivity index (χ3n) is 3.90. The smallest absolute Gasteiger partial charge is 0.0544 e. The molecule has 0 radical (unpaired) electrons. The highest BCUT2D eigenvalue weighted by molar-refractivity contribution is 7.98. The molecular formula is C17H20Cl2N2S. The number of nitrogens with one attached hydrogen (secondary N) is 1. The maximum absolute atomic E-state index is 6.46. The zero-order chi connectivity index (χ0) is 14.7. The molecule has 0 unspecified atom stereocenters. The van der Waals surface area contributed by atoms with E-state index in [1.54, 1.807) is 0 Å². The molecule has 2 nitrogen and oxygen atoms in total. The number of rotatable bonds is 3. The van der Waals surface area contributed by atoms with Crippen LogP contribution in [-0.2, 0) is 18.6 Å². The molecule has 0 atom stereocenters. The summed E-state index contributed by atoms with van der Waals surface area (Å²) in [5.41, 5.74) is 5.24. The zero-order valence-electron chi connectivity index (χ0n) is 12.6. The predicted molar refractivity (Wildman–Crippen MR) is 97.5 cm³/mol. The first kappa shape index (κ1) is 17.6. The summed E-state index contributed by atoms with van der Waals surface area (Å²) in [6.07, 6.45) is 4.00. The molecular weight excluding hydrogens is 335 g/mol. The maximum Gasteiger partial charge on any atom is 0.0544 e. The molecule has 0 fully saturated rings. The van der Waals surface area contributed by atoms with E-state index < -0.39 is 0 Å². The minimum absolute atomic E-state index is 0. The van der Waals surface area contributed by atoms with Gasteiger partial charge in [0.1, 0.15) is 0 Å². The Morgan fingerprint density at radius 1 is 1.23 bits per heavy atom. The number of benzene rings is 1. The summed E-state index contributed by atoms with van der Waals surface area (Å²) in [5.74, 6) is 0.871. The van der Waals surface area contributed by atoms with Crippen molar-refractivity contribution < 1.29 is 0 Å². The molecule has 1 aliphatic heterocycles. The molecule has 0 spiro atoms. The van der Waals surface area contributed by atoms with Gasteiger partial charge in [0.15, 0.2) is 0 Å². The highest BCUT2D eigenvalue weighted by Gasteiger charge is 2.15. The summed E-state index contributed by atoms with van der Waals surface area (Å²) in [7, 11) is 0. The number of halogens is 2. The predicted octanol–water partition coefficient (Wildman–Crippen LogP) is 4.45. The molecule has 1 aromatic heterocycles. The highest BCUT2D eigenvalue weighted by Crippen LogP contribution is 2.36. The minimum atomic E-state index is 0. The van der Waals surface area contributed by atoms with Gasteiger partial charge in [0, 0.05) is 16.8 Å². The summed E-state index contributed by atoms with van der Waals surface area (Å²) >= 11 is 8.27. The van der Waals surface area contributed by atoms with Gasteiger partial charge < -0.3 is 5.32 Å². The van der Waals surface area contributed by atoms with Gasteiger partial charge in [-0.2, -0.15) is 0 Å². The van der Waals surface area contributed by atoms with Crippen molar-refractivity contribution in [2.75, 3.05) is 13.1 Å². The summed E-state index contributed by atoms with van der Waals surface area (Å²) in [4.78, 5) is 5.72. The number of thioether (sulfide) groups is 1. The number of aromatic nitrogens is 1. The lowest BCUT2D eigenvalue weighted by Gasteiger charge is -2.14.